The van der Waals surface area contributed by atoms with Gasteiger partial charge in [0.2, 0.25) is 0 Å². The molecule has 0 aliphatic heterocycles. The van der Waals surface area contributed by atoms with Crippen LogP contribution in [-0.2, 0) is 0 Å². The van der Waals surface area contributed by atoms with E-state index in [0.29, 0.717) is 18.4 Å². The van der Waals surface area contributed by atoms with E-state index in [1.165, 1.54) is 12.5 Å². The van der Waals surface area contributed by atoms with Crippen molar-refractivity contribution < 1.29 is 14.8 Å². The van der Waals surface area contributed by atoms with Crippen LogP contribution in [0.3, 0.4) is 0 Å². The van der Waals surface area contributed by atoms with Crippen molar-refractivity contribution in [3.63, 3.8) is 0 Å². The number of amides is 1. The van der Waals surface area contributed by atoms with E-state index in [9.17, 15) is 20.0 Å². The molecule has 2 rings (SSSR count). The smallest absolute Gasteiger partial charge is 0.282 e. The molecule has 0 bridgehead atoms. The van der Waals surface area contributed by atoms with Crippen LogP contribution < -0.4 is 5.32 Å². The monoisotopic (exact) mass is 292 g/mol. The number of nitrogens with zero attached hydrogens (tertiary/aromatic N) is 1. The van der Waals surface area contributed by atoms with Gasteiger partial charge >= 0.3 is 0 Å². The third-order valence-corrected chi connectivity index (χ3v) is 4.02. The second-order valence-electron chi connectivity index (χ2n) is 5.81. The molecule has 2 atom stereocenters. The highest BCUT2D eigenvalue weighted by atomic mass is 16.6. The molecule has 0 heterocycles. The number of carbonyl (C=O) groups is 1. The summed E-state index contributed by atoms with van der Waals surface area (Å²) >= 11 is 0. The van der Waals surface area contributed by atoms with Crippen molar-refractivity contribution >= 4 is 11.6 Å². The summed E-state index contributed by atoms with van der Waals surface area (Å²) in [5.74, 6) is 0.428. The van der Waals surface area contributed by atoms with Gasteiger partial charge in [0.15, 0.2) is 0 Å². The van der Waals surface area contributed by atoms with Crippen LogP contribution >= 0.6 is 0 Å². The molecule has 1 aliphatic rings. The number of rotatable bonds is 4. The predicted molar refractivity (Wildman–Crippen MR) is 78.2 cm³/mol. The Morgan fingerprint density at radius 2 is 2.24 bits per heavy atom. The van der Waals surface area contributed by atoms with Crippen LogP contribution in [0.25, 0.3) is 0 Å². The summed E-state index contributed by atoms with van der Waals surface area (Å²) in [6.07, 6.45) is 4.53. The normalized spacial score (nSPS) is 21.8. The SMILES string of the molecule is CC1CCCC(CNC(=O)c2cc(O)ccc2[N+](=O)[O-])C1. The molecule has 0 spiro atoms. The number of aromatic hydroxyl groups is 1. The van der Waals surface area contributed by atoms with E-state index in [-0.39, 0.29) is 17.0 Å². The van der Waals surface area contributed by atoms with Crippen molar-refractivity contribution in [3.05, 3.63) is 33.9 Å². The fourth-order valence-corrected chi connectivity index (χ4v) is 2.94. The quantitative estimate of drug-likeness (QED) is 0.659. The number of carbonyl (C=O) groups excluding carboxylic acids is 1. The molecule has 1 aliphatic carbocycles. The average molecular weight is 292 g/mol. The Kier molecular flexibility index (Phi) is 4.77. The van der Waals surface area contributed by atoms with Crippen molar-refractivity contribution in [1.29, 1.82) is 0 Å². The lowest BCUT2D eigenvalue weighted by Crippen LogP contribution is -2.31. The first-order valence-electron chi connectivity index (χ1n) is 7.23. The third-order valence-electron chi connectivity index (χ3n) is 4.02. The topological polar surface area (TPSA) is 92.5 Å². The van der Waals surface area contributed by atoms with E-state index in [2.05, 4.69) is 12.2 Å². The second-order valence-corrected chi connectivity index (χ2v) is 5.81. The molecule has 1 fully saturated rings. The van der Waals surface area contributed by atoms with E-state index in [1.807, 2.05) is 0 Å². The summed E-state index contributed by atoms with van der Waals surface area (Å²) in [7, 11) is 0. The minimum Gasteiger partial charge on any atom is -0.508 e. The highest BCUT2D eigenvalue weighted by molar-refractivity contribution is 5.98. The average Bonchev–Trinajstić information content (AvgIpc) is 2.44. The summed E-state index contributed by atoms with van der Waals surface area (Å²) in [4.78, 5) is 22.4. The fraction of sp³-hybridized carbons (Fsp3) is 0.533. The zero-order chi connectivity index (χ0) is 15.4. The minimum atomic E-state index is -0.614. The Balaban J connectivity index is 2.03. The molecule has 2 N–H and O–H groups in total. The van der Waals surface area contributed by atoms with Crippen molar-refractivity contribution in [2.45, 2.75) is 32.6 Å². The number of phenols is 1. The van der Waals surface area contributed by atoms with Crippen LogP contribution in [-0.4, -0.2) is 22.5 Å². The van der Waals surface area contributed by atoms with Gasteiger partial charge in [-0.05, 0) is 36.8 Å². The molecule has 0 radical (unpaired) electrons. The lowest BCUT2D eigenvalue weighted by Gasteiger charge is -2.26. The van der Waals surface area contributed by atoms with Crippen molar-refractivity contribution in [2.24, 2.45) is 11.8 Å². The Hall–Kier alpha value is -2.11. The molecule has 0 aromatic heterocycles. The van der Waals surface area contributed by atoms with Gasteiger partial charge in [0.05, 0.1) is 4.92 Å². The highest BCUT2D eigenvalue weighted by Gasteiger charge is 2.23. The maximum absolute atomic E-state index is 12.1. The molecule has 21 heavy (non-hydrogen) atoms. The minimum absolute atomic E-state index is 0.0937. The predicted octanol–water partition coefficient (Wildman–Crippen LogP) is 2.86. The number of benzene rings is 1. The third kappa shape index (κ3) is 3.93. The molecular weight excluding hydrogens is 272 g/mol. The van der Waals surface area contributed by atoms with E-state index in [1.54, 1.807) is 0 Å². The molecule has 0 saturated heterocycles. The zero-order valence-corrected chi connectivity index (χ0v) is 12.0. The van der Waals surface area contributed by atoms with Crippen LogP contribution in [0.1, 0.15) is 43.0 Å². The summed E-state index contributed by atoms with van der Waals surface area (Å²) in [6, 6.07) is 3.49. The Morgan fingerprint density at radius 3 is 2.90 bits per heavy atom. The maximum atomic E-state index is 12.1. The van der Waals surface area contributed by atoms with Crippen LogP contribution in [0.15, 0.2) is 18.2 Å². The van der Waals surface area contributed by atoms with Gasteiger partial charge in [0.1, 0.15) is 11.3 Å². The molecular formula is C15H20N2O4. The number of hydrogen-bond donors (Lipinski definition) is 2. The van der Waals surface area contributed by atoms with E-state index < -0.39 is 10.8 Å². The van der Waals surface area contributed by atoms with Gasteiger partial charge in [-0.2, -0.15) is 0 Å². The van der Waals surface area contributed by atoms with Crippen molar-refractivity contribution in [3.8, 4) is 5.75 Å². The van der Waals surface area contributed by atoms with Crippen LogP contribution in [0.5, 0.6) is 5.75 Å². The first kappa shape index (κ1) is 15.3. The zero-order valence-electron chi connectivity index (χ0n) is 12.0. The molecule has 1 amide bonds. The van der Waals surface area contributed by atoms with Crippen molar-refractivity contribution in [2.75, 3.05) is 6.54 Å². The van der Waals surface area contributed by atoms with Gasteiger partial charge in [-0.3, -0.25) is 14.9 Å². The number of nitrogens with one attached hydrogen (secondary N) is 1. The molecule has 114 valence electrons. The summed E-state index contributed by atoms with van der Waals surface area (Å²) in [5.41, 5.74) is -0.383. The lowest BCUT2D eigenvalue weighted by atomic mass is 9.82. The largest absolute Gasteiger partial charge is 0.508 e. The van der Waals surface area contributed by atoms with Gasteiger partial charge in [0.25, 0.3) is 11.6 Å². The fourth-order valence-electron chi connectivity index (χ4n) is 2.94. The summed E-state index contributed by atoms with van der Waals surface area (Å²) < 4.78 is 0. The molecule has 2 unspecified atom stereocenters. The molecule has 1 saturated carbocycles. The molecule has 6 heteroatoms. The standard InChI is InChI=1S/C15H20N2O4/c1-10-3-2-4-11(7-10)9-16-15(19)13-8-12(18)5-6-14(13)17(20)21/h5-6,8,10-11,18H,2-4,7,9H2,1H3,(H,16,19). The summed E-state index contributed by atoms with van der Waals surface area (Å²) in [5, 5.41) is 23.1. The first-order chi connectivity index (χ1) is 9.97. The molecule has 1 aromatic carbocycles. The second kappa shape index (κ2) is 6.56. The maximum Gasteiger partial charge on any atom is 0.282 e. The molecule has 1 aromatic rings. The van der Waals surface area contributed by atoms with E-state index in [0.717, 1.165) is 31.4 Å². The number of nitro benzene ring substituents is 1. The van der Waals surface area contributed by atoms with Crippen molar-refractivity contribution in [1.82, 2.24) is 5.32 Å². The Bertz CT molecular complexity index is 544. The van der Waals surface area contributed by atoms with Gasteiger partial charge in [-0.1, -0.05) is 19.8 Å². The van der Waals surface area contributed by atoms with E-state index in [4.69, 9.17) is 0 Å². The highest BCUT2D eigenvalue weighted by Crippen LogP contribution is 2.28. The number of nitro groups is 1. The number of phenolic OH excluding ortho intramolecular Hbond substituents is 1. The Labute approximate surface area is 123 Å². The van der Waals surface area contributed by atoms with Crippen LogP contribution in [0.2, 0.25) is 0 Å². The van der Waals surface area contributed by atoms with Crippen LogP contribution in [0.4, 0.5) is 5.69 Å². The van der Waals surface area contributed by atoms with Gasteiger partial charge in [-0.15, -0.1) is 0 Å². The van der Waals surface area contributed by atoms with Crippen LogP contribution in [0, 0.1) is 22.0 Å². The van der Waals surface area contributed by atoms with E-state index >= 15 is 0 Å². The number of hydrogen-bond acceptors (Lipinski definition) is 4. The van der Waals surface area contributed by atoms with Gasteiger partial charge in [0, 0.05) is 12.6 Å². The van der Waals surface area contributed by atoms with Gasteiger partial charge in [-0.25, -0.2) is 0 Å². The lowest BCUT2D eigenvalue weighted by molar-refractivity contribution is -0.385. The van der Waals surface area contributed by atoms with Gasteiger partial charge < -0.3 is 10.4 Å². The Morgan fingerprint density at radius 1 is 1.48 bits per heavy atom. The first-order valence-corrected chi connectivity index (χ1v) is 7.23. The summed E-state index contributed by atoms with van der Waals surface area (Å²) in [6.45, 7) is 2.73. The molecule has 6 nitrogen and oxygen atoms in total.